The van der Waals surface area contributed by atoms with Gasteiger partial charge in [0.25, 0.3) is 0 Å². The second-order valence-corrected chi connectivity index (χ2v) is 4.85. The van der Waals surface area contributed by atoms with Crippen molar-refractivity contribution in [2.45, 2.75) is 26.5 Å². The smallest absolute Gasteiger partial charge is 0.245 e. The van der Waals surface area contributed by atoms with Crippen molar-refractivity contribution in [2.75, 3.05) is 31.2 Å². The van der Waals surface area contributed by atoms with Crippen molar-refractivity contribution in [1.29, 1.82) is 0 Å². The van der Waals surface area contributed by atoms with Gasteiger partial charge in [0.15, 0.2) is 0 Å². The van der Waals surface area contributed by atoms with Crippen LogP contribution in [0.1, 0.15) is 18.2 Å². The van der Waals surface area contributed by atoms with Gasteiger partial charge >= 0.3 is 0 Å². The van der Waals surface area contributed by atoms with Gasteiger partial charge < -0.3 is 20.1 Å². The molecule has 112 valence electrons. The molecule has 2 N–H and O–H groups in total. The number of aliphatic hydroxyl groups is 1. The Balaban J connectivity index is 2.35. The summed E-state index contributed by atoms with van der Waals surface area (Å²) in [6.45, 7) is 5.75. The highest BCUT2D eigenvalue weighted by molar-refractivity contribution is 5.85. The lowest BCUT2D eigenvalue weighted by Crippen LogP contribution is -2.54. The van der Waals surface area contributed by atoms with E-state index in [1.165, 1.54) is 0 Å². The molecule has 1 aromatic heterocycles. The third-order valence-corrected chi connectivity index (χ3v) is 3.53. The number of nitrogens with one attached hydrogen (secondary N) is 1. The van der Waals surface area contributed by atoms with Gasteiger partial charge in [-0.1, -0.05) is 0 Å². The molecule has 1 aromatic rings. The zero-order chi connectivity index (χ0) is 14.7. The van der Waals surface area contributed by atoms with Gasteiger partial charge in [0.05, 0.1) is 25.5 Å². The zero-order valence-electron chi connectivity index (χ0n) is 12.2. The first-order valence-corrected chi connectivity index (χ1v) is 6.85. The predicted octanol–water partition coefficient (Wildman–Crippen LogP) is -0.438. The lowest BCUT2D eigenvalue weighted by molar-refractivity contribution is -0.124. The van der Waals surface area contributed by atoms with Crippen LogP contribution in [0.3, 0.4) is 0 Å². The minimum atomic E-state index is -0.385. The lowest BCUT2D eigenvalue weighted by atomic mass is 10.1. The van der Waals surface area contributed by atoms with Gasteiger partial charge in [0, 0.05) is 25.7 Å². The average Bonchev–Trinajstić information content (AvgIpc) is 2.72. The van der Waals surface area contributed by atoms with Crippen LogP contribution in [0.2, 0.25) is 0 Å². The van der Waals surface area contributed by atoms with Crippen LogP contribution in [0.15, 0.2) is 0 Å². The summed E-state index contributed by atoms with van der Waals surface area (Å²) in [5, 5.41) is 16.7. The van der Waals surface area contributed by atoms with E-state index >= 15 is 0 Å². The number of morpholine rings is 1. The van der Waals surface area contributed by atoms with Crippen LogP contribution in [0.25, 0.3) is 0 Å². The molecule has 2 heterocycles. The number of anilines is 1. The SMILES string of the molecule is CCNC(=O)C1COCCN1c1c(CO)c(C)nn1C. The minimum absolute atomic E-state index is 0.0602. The average molecular weight is 282 g/mol. The second kappa shape index (κ2) is 6.23. The van der Waals surface area contributed by atoms with Gasteiger partial charge in [-0.2, -0.15) is 5.10 Å². The summed E-state index contributed by atoms with van der Waals surface area (Å²) in [6, 6.07) is -0.385. The standard InChI is InChI=1S/C13H22N4O3/c1-4-14-12(19)11-8-20-6-5-17(11)13-10(7-18)9(2)15-16(13)3/h11,18H,4-8H2,1-3H3,(H,14,19). The molecule has 1 aliphatic rings. The van der Waals surface area contributed by atoms with Crippen LogP contribution < -0.4 is 10.2 Å². The molecule has 20 heavy (non-hydrogen) atoms. The van der Waals surface area contributed by atoms with Gasteiger partial charge in [-0.3, -0.25) is 9.48 Å². The van der Waals surface area contributed by atoms with Crippen LogP contribution >= 0.6 is 0 Å². The maximum absolute atomic E-state index is 12.2. The highest BCUT2D eigenvalue weighted by Crippen LogP contribution is 2.26. The van der Waals surface area contributed by atoms with E-state index in [1.54, 1.807) is 4.68 Å². The lowest BCUT2D eigenvalue weighted by Gasteiger charge is -2.36. The minimum Gasteiger partial charge on any atom is -0.391 e. The highest BCUT2D eigenvalue weighted by Gasteiger charge is 2.33. The monoisotopic (exact) mass is 282 g/mol. The fourth-order valence-corrected chi connectivity index (χ4v) is 2.60. The van der Waals surface area contributed by atoms with Gasteiger partial charge in [0.1, 0.15) is 11.9 Å². The van der Waals surface area contributed by atoms with E-state index in [4.69, 9.17) is 4.74 Å². The van der Waals surface area contributed by atoms with E-state index in [9.17, 15) is 9.90 Å². The molecule has 1 fully saturated rings. The summed E-state index contributed by atoms with van der Waals surface area (Å²) in [7, 11) is 1.83. The highest BCUT2D eigenvalue weighted by atomic mass is 16.5. The van der Waals surface area contributed by atoms with Crippen molar-refractivity contribution in [3.8, 4) is 0 Å². The Morgan fingerprint density at radius 2 is 2.35 bits per heavy atom. The number of amides is 1. The number of carbonyl (C=O) groups excluding carboxylic acids is 1. The van der Waals surface area contributed by atoms with E-state index in [2.05, 4.69) is 10.4 Å². The molecule has 2 rings (SSSR count). The molecule has 0 radical (unpaired) electrons. The molecule has 0 aromatic carbocycles. The number of hydrogen-bond donors (Lipinski definition) is 2. The Morgan fingerprint density at radius 1 is 1.60 bits per heavy atom. The van der Waals surface area contributed by atoms with Crippen LogP contribution in [0.4, 0.5) is 5.82 Å². The number of aliphatic hydroxyl groups excluding tert-OH is 1. The van der Waals surface area contributed by atoms with Crippen molar-refractivity contribution < 1.29 is 14.6 Å². The number of aryl methyl sites for hydroxylation is 2. The Kier molecular flexibility index (Phi) is 4.61. The summed E-state index contributed by atoms with van der Waals surface area (Å²) in [4.78, 5) is 14.1. The Labute approximate surface area is 118 Å². The van der Waals surface area contributed by atoms with Crippen molar-refractivity contribution in [3.05, 3.63) is 11.3 Å². The topological polar surface area (TPSA) is 79.6 Å². The van der Waals surface area contributed by atoms with Crippen LogP contribution in [-0.4, -0.2) is 53.1 Å². The van der Waals surface area contributed by atoms with Gasteiger partial charge in [-0.05, 0) is 13.8 Å². The number of rotatable bonds is 4. The summed E-state index contributed by atoms with van der Waals surface area (Å²) in [5.74, 6) is 0.736. The summed E-state index contributed by atoms with van der Waals surface area (Å²) in [5.41, 5.74) is 1.55. The van der Waals surface area contributed by atoms with Crippen molar-refractivity contribution >= 4 is 11.7 Å². The van der Waals surface area contributed by atoms with Crippen molar-refractivity contribution in [1.82, 2.24) is 15.1 Å². The molecule has 1 saturated heterocycles. The normalized spacial score (nSPS) is 19.2. The number of hydrogen-bond acceptors (Lipinski definition) is 5. The van der Waals surface area contributed by atoms with E-state index < -0.39 is 0 Å². The van der Waals surface area contributed by atoms with E-state index in [-0.39, 0.29) is 18.6 Å². The summed E-state index contributed by atoms with van der Waals surface area (Å²) < 4.78 is 7.15. The van der Waals surface area contributed by atoms with Crippen molar-refractivity contribution in [2.24, 2.45) is 7.05 Å². The molecule has 7 heteroatoms. The Morgan fingerprint density at radius 3 is 3.00 bits per heavy atom. The van der Waals surface area contributed by atoms with Crippen LogP contribution in [0.5, 0.6) is 0 Å². The van der Waals surface area contributed by atoms with Gasteiger partial charge in [-0.15, -0.1) is 0 Å². The third-order valence-electron chi connectivity index (χ3n) is 3.53. The molecule has 7 nitrogen and oxygen atoms in total. The Hall–Kier alpha value is -1.60. The molecule has 1 aliphatic heterocycles. The van der Waals surface area contributed by atoms with E-state index in [1.807, 2.05) is 25.8 Å². The molecule has 0 spiro atoms. The maximum atomic E-state index is 12.2. The number of carbonyl (C=O) groups is 1. The number of likely N-dealkylation sites (N-methyl/N-ethyl adjacent to an activating group) is 1. The fourth-order valence-electron chi connectivity index (χ4n) is 2.60. The predicted molar refractivity (Wildman–Crippen MR) is 74.5 cm³/mol. The quantitative estimate of drug-likeness (QED) is 0.783. The summed E-state index contributed by atoms with van der Waals surface area (Å²) in [6.07, 6.45) is 0. The summed E-state index contributed by atoms with van der Waals surface area (Å²) >= 11 is 0. The molecule has 1 unspecified atom stereocenters. The molecule has 0 aliphatic carbocycles. The molecule has 0 bridgehead atoms. The van der Waals surface area contributed by atoms with Crippen molar-refractivity contribution in [3.63, 3.8) is 0 Å². The first-order chi connectivity index (χ1) is 9.60. The zero-order valence-corrected chi connectivity index (χ0v) is 12.2. The largest absolute Gasteiger partial charge is 0.391 e. The molecular formula is C13H22N4O3. The number of ether oxygens (including phenoxy) is 1. The second-order valence-electron chi connectivity index (χ2n) is 4.85. The van der Waals surface area contributed by atoms with Crippen LogP contribution in [-0.2, 0) is 23.2 Å². The van der Waals surface area contributed by atoms with Crippen LogP contribution in [0, 0.1) is 6.92 Å². The number of nitrogens with zero attached hydrogens (tertiary/aromatic N) is 3. The fraction of sp³-hybridized carbons (Fsp3) is 0.692. The first-order valence-electron chi connectivity index (χ1n) is 6.85. The molecule has 1 amide bonds. The van der Waals surface area contributed by atoms with Gasteiger partial charge in [-0.25, -0.2) is 0 Å². The van der Waals surface area contributed by atoms with E-state index in [0.717, 1.165) is 17.1 Å². The molecule has 0 saturated carbocycles. The molecular weight excluding hydrogens is 260 g/mol. The van der Waals surface area contributed by atoms with E-state index in [0.29, 0.717) is 26.3 Å². The van der Waals surface area contributed by atoms with Gasteiger partial charge in [0.2, 0.25) is 5.91 Å². The molecule has 1 atom stereocenters. The Bertz CT molecular complexity index is 486. The first kappa shape index (κ1) is 14.8. The number of aromatic nitrogens is 2. The maximum Gasteiger partial charge on any atom is 0.245 e. The third kappa shape index (κ3) is 2.64.